The van der Waals surface area contributed by atoms with E-state index in [1.54, 1.807) is 31.3 Å². The van der Waals surface area contributed by atoms with Gasteiger partial charge in [0.25, 0.3) is 5.91 Å². The summed E-state index contributed by atoms with van der Waals surface area (Å²) in [6.07, 6.45) is 1.59. The van der Waals surface area contributed by atoms with Gasteiger partial charge in [-0.2, -0.15) is 0 Å². The summed E-state index contributed by atoms with van der Waals surface area (Å²) in [5.74, 6) is -2.23. The van der Waals surface area contributed by atoms with Gasteiger partial charge in [-0.05, 0) is 53.7 Å². The second-order valence-electron chi connectivity index (χ2n) is 6.44. The first-order valence-electron chi connectivity index (χ1n) is 9.01. The molecule has 2 aromatic rings. The molecule has 0 atom stereocenters. The number of ether oxygens (including phenoxy) is 2. The van der Waals surface area contributed by atoms with Crippen LogP contribution in [0.4, 0.5) is 5.69 Å². The van der Waals surface area contributed by atoms with Gasteiger partial charge in [-0.3, -0.25) is 9.69 Å². The lowest BCUT2D eigenvalue weighted by atomic mass is 10.2. The number of nitrogens with zero attached hydrogens (tertiary/aromatic N) is 2. The van der Waals surface area contributed by atoms with E-state index in [1.165, 1.54) is 30.2 Å². The number of hydrogen-bond acceptors (Lipinski definition) is 7. The highest BCUT2D eigenvalue weighted by atomic mass is 35.5. The summed E-state index contributed by atoms with van der Waals surface area (Å²) in [5.41, 5.74) is 1.03. The monoisotopic (exact) mass is 476 g/mol. The Bertz CT molecular complexity index is 1160. The Morgan fingerprint density at radius 2 is 2.00 bits per heavy atom. The van der Waals surface area contributed by atoms with Gasteiger partial charge in [0.05, 0.1) is 28.3 Å². The Morgan fingerprint density at radius 3 is 2.66 bits per heavy atom. The summed E-state index contributed by atoms with van der Waals surface area (Å²) in [5, 5.41) is 18.4. The minimum atomic E-state index is -1.16. The van der Waals surface area contributed by atoms with Gasteiger partial charge in [0, 0.05) is 7.05 Å². The molecule has 1 fully saturated rings. The highest BCUT2D eigenvalue weighted by molar-refractivity contribution is 8.18. The number of carbonyl (C=O) groups is 3. The summed E-state index contributed by atoms with van der Waals surface area (Å²) >= 11 is 7.34. The third kappa shape index (κ3) is 5.21. The van der Waals surface area contributed by atoms with E-state index in [2.05, 4.69) is 4.99 Å². The molecule has 0 unspecified atom stereocenters. The molecule has 0 aromatic heterocycles. The molecule has 9 nitrogen and oxygen atoms in total. The third-order valence-electron chi connectivity index (χ3n) is 4.21. The van der Waals surface area contributed by atoms with Gasteiger partial charge >= 0.3 is 11.9 Å². The van der Waals surface area contributed by atoms with Crippen LogP contribution in [0.15, 0.2) is 46.3 Å². The number of carboxylic acids is 2. The number of aromatic carboxylic acids is 1. The predicted octanol–water partition coefficient (Wildman–Crippen LogP) is 3.74. The van der Waals surface area contributed by atoms with E-state index in [0.717, 1.165) is 11.8 Å². The van der Waals surface area contributed by atoms with Crippen LogP contribution in [0, 0.1) is 0 Å². The third-order valence-corrected chi connectivity index (χ3v) is 5.55. The Morgan fingerprint density at radius 1 is 1.25 bits per heavy atom. The topological polar surface area (TPSA) is 126 Å². The van der Waals surface area contributed by atoms with Gasteiger partial charge in [0.2, 0.25) is 0 Å². The second-order valence-corrected chi connectivity index (χ2v) is 7.86. The minimum absolute atomic E-state index is 0.0850. The molecule has 2 N–H and O–H groups in total. The first-order chi connectivity index (χ1) is 15.2. The lowest BCUT2D eigenvalue weighted by molar-refractivity contribution is -0.139. The van der Waals surface area contributed by atoms with Gasteiger partial charge < -0.3 is 19.7 Å². The van der Waals surface area contributed by atoms with E-state index in [0.29, 0.717) is 21.3 Å². The normalized spacial score (nSPS) is 16.0. The van der Waals surface area contributed by atoms with Crippen molar-refractivity contribution in [3.8, 4) is 11.5 Å². The average Bonchev–Trinajstić information content (AvgIpc) is 3.00. The van der Waals surface area contributed by atoms with Crippen LogP contribution in [-0.2, 0) is 9.59 Å². The molecule has 1 saturated heterocycles. The van der Waals surface area contributed by atoms with Crippen LogP contribution in [-0.4, -0.2) is 58.9 Å². The number of methoxy groups -OCH3 is 1. The molecule has 1 aliphatic heterocycles. The average molecular weight is 477 g/mol. The van der Waals surface area contributed by atoms with Crippen molar-refractivity contribution in [3.63, 3.8) is 0 Å². The number of carboxylic acid groups (broad SMARTS) is 2. The summed E-state index contributed by atoms with van der Waals surface area (Å²) in [6, 6.07) is 9.16. The Balaban J connectivity index is 1.90. The number of amidine groups is 1. The highest BCUT2D eigenvalue weighted by Gasteiger charge is 2.30. The first kappa shape index (κ1) is 23.2. The van der Waals surface area contributed by atoms with Crippen molar-refractivity contribution >= 4 is 58.1 Å². The maximum atomic E-state index is 12.7. The zero-order valence-electron chi connectivity index (χ0n) is 16.9. The second kappa shape index (κ2) is 9.75. The van der Waals surface area contributed by atoms with Crippen LogP contribution >= 0.6 is 23.4 Å². The van der Waals surface area contributed by atoms with Crippen molar-refractivity contribution in [1.82, 2.24) is 4.90 Å². The van der Waals surface area contributed by atoms with Crippen molar-refractivity contribution in [3.05, 3.63) is 57.5 Å². The number of likely N-dealkylation sites (N-methyl/N-ethyl adjacent to an activating group) is 1. The van der Waals surface area contributed by atoms with Crippen LogP contribution in [0.2, 0.25) is 5.02 Å². The van der Waals surface area contributed by atoms with E-state index >= 15 is 0 Å². The fraction of sp³-hybridized carbons (Fsp3) is 0.143. The molecule has 32 heavy (non-hydrogen) atoms. The molecule has 166 valence electrons. The molecule has 2 aromatic carbocycles. The van der Waals surface area contributed by atoms with Crippen molar-refractivity contribution in [2.45, 2.75) is 0 Å². The number of thioether (sulfide) groups is 1. The number of aliphatic carboxylic acids is 1. The summed E-state index contributed by atoms with van der Waals surface area (Å²) in [6.45, 7) is -0.585. The van der Waals surface area contributed by atoms with Crippen molar-refractivity contribution in [2.24, 2.45) is 4.99 Å². The highest BCUT2D eigenvalue weighted by Crippen LogP contribution is 2.39. The van der Waals surface area contributed by atoms with Crippen LogP contribution in [0.5, 0.6) is 11.5 Å². The predicted molar refractivity (Wildman–Crippen MR) is 120 cm³/mol. The van der Waals surface area contributed by atoms with Crippen LogP contribution < -0.4 is 9.47 Å². The molecular weight excluding hydrogens is 460 g/mol. The molecule has 0 saturated carbocycles. The molecule has 0 aliphatic carbocycles. The van der Waals surface area contributed by atoms with Crippen LogP contribution in [0.1, 0.15) is 15.9 Å². The van der Waals surface area contributed by atoms with E-state index < -0.39 is 18.5 Å². The van der Waals surface area contributed by atoms with Crippen molar-refractivity contribution in [2.75, 3.05) is 20.8 Å². The van der Waals surface area contributed by atoms with Crippen LogP contribution in [0.3, 0.4) is 0 Å². The minimum Gasteiger partial charge on any atom is -0.493 e. The van der Waals surface area contributed by atoms with Gasteiger partial charge in [0.1, 0.15) is 0 Å². The van der Waals surface area contributed by atoms with E-state index in [4.69, 9.17) is 31.3 Å². The summed E-state index contributed by atoms with van der Waals surface area (Å²) in [7, 11) is 2.95. The molecule has 0 bridgehead atoms. The largest absolute Gasteiger partial charge is 0.493 e. The summed E-state index contributed by atoms with van der Waals surface area (Å²) in [4.78, 5) is 40.7. The van der Waals surface area contributed by atoms with Gasteiger partial charge in [-0.25, -0.2) is 14.6 Å². The molecule has 1 amide bonds. The Labute approximate surface area is 191 Å². The zero-order valence-corrected chi connectivity index (χ0v) is 18.4. The molecule has 0 radical (unpaired) electrons. The molecular formula is C21H17ClN2O7S. The lowest BCUT2D eigenvalue weighted by Gasteiger charge is -2.12. The maximum absolute atomic E-state index is 12.7. The number of amides is 1. The summed E-state index contributed by atoms with van der Waals surface area (Å²) < 4.78 is 10.4. The SMILES string of the molecule is COc1cc(/C=C2\SC(=Nc3cccc(C(=O)O)c3)N(C)C2=O)cc(Cl)c1OCC(=O)O. The number of aliphatic imine (C=N–C) groups is 1. The van der Waals surface area contributed by atoms with Gasteiger partial charge in [-0.1, -0.05) is 17.7 Å². The van der Waals surface area contributed by atoms with Crippen LogP contribution in [0.25, 0.3) is 6.08 Å². The molecule has 1 aliphatic rings. The fourth-order valence-corrected chi connectivity index (χ4v) is 3.98. The fourth-order valence-electron chi connectivity index (χ4n) is 2.72. The number of halogens is 1. The smallest absolute Gasteiger partial charge is 0.341 e. The first-order valence-corrected chi connectivity index (χ1v) is 10.2. The van der Waals surface area contributed by atoms with Crippen molar-refractivity contribution in [1.29, 1.82) is 0 Å². The number of benzene rings is 2. The maximum Gasteiger partial charge on any atom is 0.341 e. The standard InChI is InChI=1S/C21H17ClN2O7S/c1-24-19(27)16(32-21(24)23-13-5-3-4-12(9-13)20(28)29)8-11-6-14(22)18(15(7-11)30-2)31-10-17(25)26/h3-9H,10H2,1-2H3,(H,25,26)(H,28,29)/b16-8-,23-21?. The lowest BCUT2D eigenvalue weighted by Crippen LogP contribution is -2.23. The Kier molecular flexibility index (Phi) is 7.06. The molecule has 1 heterocycles. The molecule has 11 heteroatoms. The van der Waals surface area contributed by atoms with E-state index in [9.17, 15) is 14.4 Å². The quantitative estimate of drug-likeness (QED) is 0.579. The number of carbonyl (C=O) groups excluding carboxylic acids is 1. The van der Waals surface area contributed by atoms with E-state index in [1.807, 2.05) is 0 Å². The zero-order chi connectivity index (χ0) is 23.4. The molecule has 0 spiro atoms. The van der Waals surface area contributed by atoms with Gasteiger partial charge in [-0.15, -0.1) is 0 Å². The number of hydrogen-bond donors (Lipinski definition) is 2. The van der Waals surface area contributed by atoms with E-state index in [-0.39, 0.29) is 28.0 Å². The number of rotatable bonds is 7. The van der Waals surface area contributed by atoms with Crippen molar-refractivity contribution < 1.29 is 34.1 Å². The Hall–Kier alpha value is -3.50. The van der Waals surface area contributed by atoms with Gasteiger partial charge in [0.15, 0.2) is 23.3 Å². The molecule has 3 rings (SSSR count).